The van der Waals surface area contributed by atoms with Crippen LogP contribution in [0.3, 0.4) is 0 Å². The molecular weight excluding hydrogens is 136 g/mol. The van der Waals surface area contributed by atoms with E-state index < -0.39 is 0 Å². The van der Waals surface area contributed by atoms with Crippen molar-refractivity contribution in [2.24, 2.45) is 0 Å². The SMILES string of the molecule is [2H]C(C)C(OC)c1ccccc1. The highest BCUT2D eigenvalue weighted by Gasteiger charge is 2.04. The van der Waals surface area contributed by atoms with Crippen molar-refractivity contribution >= 4 is 0 Å². The fraction of sp³-hybridized carbons (Fsp3) is 0.400. The molecule has 0 aliphatic carbocycles. The number of hydrogen-bond donors (Lipinski definition) is 0. The molecule has 0 heterocycles. The molecule has 1 heteroatoms. The zero-order chi connectivity index (χ0) is 8.97. The number of ether oxygens (including phenoxy) is 1. The van der Waals surface area contributed by atoms with E-state index in [4.69, 9.17) is 6.11 Å². The molecule has 1 aromatic carbocycles. The molecule has 2 unspecified atom stereocenters. The topological polar surface area (TPSA) is 9.23 Å². The number of methoxy groups -OCH3 is 1. The largest absolute Gasteiger partial charge is 0.377 e. The van der Waals surface area contributed by atoms with Gasteiger partial charge in [0.2, 0.25) is 0 Å². The third-order valence-corrected chi connectivity index (χ3v) is 1.68. The lowest BCUT2D eigenvalue weighted by Crippen LogP contribution is -1.98. The van der Waals surface area contributed by atoms with Crippen molar-refractivity contribution in [1.82, 2.24) is 0 Å². The van der Waals surface area contributed by atoms with Crippen LogP contribution in [-0.2, 0) is 4.74 Å². The second-order valence-electron chi connectivity index (χ2n) is 2.40. The minimum atomic E-state index is -0.225. The van der Waals surface area contributed by atoms with Crippen LogP contribution in [0, 0.1) is 0 Å². The second kappa shape index (κ2) is 4.14. The van der Waals surface area contributed by atoms with Crippen molar-refractivity contribution in [3.05, 3.63) is 35.9 Å². The van der Waals surface area contributed by atoms with Crippen LogP contribution in [0.5, 0.6) is 0 Å². The summed E-state index contributed by atoms with van der Waals surface area (Å²) in [5.74, 6) is 0. The Morgan fingerprint density at radius 2 is 2.09 bits per heavy atom. The van der Waals surface area contributed by atoms with E-state index >= 15 is 0 Å². The van der Waals surface area contributed by atoms with Gasteiger partial charge in [-0.15, -0.1) is 0 Å². The third-order valence-electron chi connectivity index (χ3n) is 1.68. The van der Waals surface area contributed by atoms with E-state index in [1.54, 1.807) is 7.11 Å². The Labute approximate surface area is 69.4 Å². The van der Waals surface area contributed by atoms with Gasteiger partial charge in [0, 0.05) is 8.48 Å². The van der Waals surface area contributed by atoms with E-state index in [-0.39, 0.29) is 12.5 Å². The molecule has 0 fully saturated rings. The summed E-state index contributed by atoms with van der Waals surface area (Å²) in [4.78, 5) is 0. The highest BCUT2D eigenvalue weighted by Crippen LogP contribution is 2.18. The first-order valence-electron chi connectivity index (χ1n) is 4.33. The first-order valence-corrected chi connectivity index (χ1v) is 3.75. The van der Waals surface area contributed by atoms with Crippen LogP contribution in [0.25, 0.3) is 0 Å². The molecule has 11 heavy (non-hydrogen) atoms. The van der Waals surface area contributed by atoms with Gasteiger partial charge >= 0.3 is 0 Å². The Bertz CT molecular complexity index is 221. The summed E-state index contributed by atoms with van der Waals surface area (Å²) in [5, 5.41) is 0. The molecule has 0 spiro atoms. The van der Waals surface area contributed by atoms with Gasteiger partial charge in [0.25, 0.3) is 0 Å². The monoisotopic (exact) mass is 151 g/mol. The summed E-state index contributed by atoms with van der Waals surface area (Å²) in [6.07, 6.45) is -0.330. The van der Waals surface area contributed by atoms with Gasteiger partial charge in [-0.1, -0.05) is 37.3 Å². The predicted molar refractivity (Wildman–Crippen MR) is 46.5 cm³/mol. The van der Waals surface area contributed by atoms with Crippen LogP contribution in [0.1, 0.15) is 26.4 Å². The number of benzene rings is 1. The zero-order valence-corrected chi connectivity index (χ0v) is 6.95. The Hall–Kier alpha value is -0.820. The summed E-state index contributed by atoms with van der Waals surface area (Å²) in [7, 11) is 1.64. The highest BCUT2D eigenvalue weighted by molar-refractivity contribution is 5.17. The minimum absolute atomic E-state index is 0.105. The molecule has 2 atom stereocenters. The molecule has 1 rings (SSSR count). The standard InChI is InChI=1S/C10H14O/c1-3-10(11-2)9-7-5-4-6-8-9/h4-8,10H,3H2,1-2H3/i3D. The van der Waals surface area contributed by atoms with Gasteiger partial charge in [0.05, 0.1) is 6.10 Å². The maximum absolute atomic E-state index is 7.55. The maximum atomic E-state index is 7.55. The fourth-order valence-corrected chi connectivity index (χ4v) is 1.11. The van der Waals surface area contributed by atoms with Crippen LogP contribution >= 0.6 is 0 Å². The lowest BCUT2D eigenvalue weighted by Gasteiger charge is -2.12. The summed E-state index contributed by atoms with van der Waals surface area (Å²) in [5.41, 5.74) is 1.07. The van der Waals surface area contributed by atoms with Gasteiger partial charge in [-0.25, -0.2) is 0 Å². The maximum Gasteiger partial charge on any atom is 0.0818 e. The van der Waals surface area contributed by atoms with Gasteiger partial charge in [0.1, 0.15) is 0 Å². The van der Waals surface area contributed by atoms with Gasteiger partial charge in [0.15, 0.2) is 0 Å². The Morgan fingerprint density at radius 3 is 2.55 bits per heavy atom. The van der Waals surface area contributed by atoms with Crippen molar-refractivity contribution in [2.75, 3.05) is 7.11 Å². The summed E-state index contributed by atoms with van der Waals surface area (Å²) < 4.78 is 12.8. The average Bonchev–Trinajstić information content (AvgIpc) is 2.07. The van der Waals surface area contributed by atoms with Gasteiger partial charge in [-0.05, 0) is 12.0 Å². The third kappa shape index (κ3) is 2.05. The molecule has 0 saturated heterocycles. The van der Waals surface area contributed by atoms with E-state index in [0.29, 0.717) is 0 Å². The van der Waals surface area contributed by atoms with Crippen LogP contribution < -0.4 is 0 Å². The lowest BCUT2D eigenvalue weighted by atomic mass is 10.1. The minimum Gasteiger partial charge on any atom is -0.377 e. The molecule has 0 bridgehead atoms. The van der Waals surface area contributed by atoms with E-state index in [2.05, 4.69) is 0 Å². The van der Waals surface area contributed by atoms with E-state index in [0.717, 1.165) is 5.56 Å². The molecule has 60 valence electrons. The molecule has 1 nitrogen and oxygen atoms in total. The number of hydrogen-bond acceptors (Lipinski definition) is 1. The van der Waals surface area contributed by atoms with Crippen molar-refractivity contribution in [1.29, 1.82) is 0 Å². The Kier molecular flexibility index (Phi) is 2.58. The Balaban J connectivity index is 2.80. The lowest BCUT2D eigenvalue weighted by molar-refractivity contribution is 0.100. The first kappa shape index (κ1) is 6.86. The highest BCUT2D eigenvalue weighted by atomic mass is 16.5. The second-order valence-corrected chi connectivity index (χ2v) is 2.40. The predicted octanol–water partition coefficient (Wildman–Crippen LogP) is 2.78. The van der Waals surface area contributed by atoms with Crippen LogP contribution in [0.4, 0.5) is 0 Å². The molecule has 0 aliphatic rings. The van der Waals surface area contributed by atoms with Crippen molar-refractivity contribution in [3.63, 3.8) is 0 Å². The van der Waals surface area contributed by atoms with Gasteiger partial charge in [-0.2, -0.15) is 0 Å². The van der Waals surface area contributed by atoms with Crippen molar-refractivity contribution < 1.29 is 6.11 Å². The summed E-state index contributed by atoms with van der Waals surface area (Å²) in [6.45, 7) is 1.83. The van der Waals surface area contributed by atoms with E-state index in [9.17, 15) is 0 Å². The van der Waals surface area contributed by atoms with E-state index in [1.165, 1.54) is 0 Å². The molecule has 0 aromatic heterocycles. The van der Waals surface area contributed by atoms with Gasteiger partial charge in [-0.3, -0.25) is 0 Å². The zero-order valence-electron chi connectivity index (χ0n) is 7.95. The number of rotatable bonds is 3. The first-order chi connectivity index (χ1) is 5.75. The molecule has 1 aromatic rings. The smallest absolute Gasteiger partial charge is 0.0818 e. The molecule has 0 aliphatic heterocycles. The Morgan fingerprint density at radius 1 is 1.45 bits per heavy atom. The molecular formula is C10H14O. The molecule has 0 saturated carbocycles. The molecule has 0 radical (unpaired) electrons. The normalized spacial score (nSPS) is 17.1. The average molecular weight is 151 g/mol. The molecule has 0 N–H and O–H groups in total. The van der Waals surface area contributed by atoms with Crippen molar-refractivity contribution in [2.45, 2.75) is 19.4 Å². The summed E-state index contributed by atoms with van der Waals surface area (Å²) in [6, 6.07) is 9.86. The van der Waals surface area contributed by atoms with E-state index in [1.807, 2.05) is 37.3 Å². The van der Waals surface area contributed by atoms with Crippen molar-refractivity contribution in [3.8, 4) is 0 Å². The van der Waals surface area contributed by atoms with Crippen LogP contribution in [0.15, 0.2) is 30.3 Å². The summed E-state index contributed by atoms with van der Waals surface area (Å²) >= 11 is 0. The van der Waals surface area contributed by atoms with Crippen LogP contribution in [-0.4, -0.2) is 7.11 Å². The fourth-order valence-electron chi connectivity index (χ4n) is 1.11. The van der Waals surface area contributed by atoms with Gasteiger partial charge < -0.3 is 4.74 Å². The molecule has 0 amide bonds. The quantitative estimate of drug-likeness (QED) is 0.645. The van der Waals surface area contributed by atoms with Crippen LogP contribution in [0.2, 0.25) is 0 Å².